The maximum atomic E-state index is 12.8. The Hall–Kier alpha value is -3.70. The summed E-state index contributed by atoms with van der Waals surface area (Å²) in [5.41, 5.74) is 2.71. The number of carbonyl (C=O) groups excluding carboxylic acids is 1. The van der Waals surface area contributed by atoms with E-state index >= 15 is 0 Å². The van der Waals surface area contributed by atoms with Crippen molar-refractivity contribution in [3.8, 4) is 28.7 Å². The van der Waals surface area contributed by atoms with Crippen LogP contribution in [-0.4, -0.2) is 40.3 Å². The molecule has 0 saturated carbocycles. The summed E-state index contributed by atoms with van der Waals surface area (Å²) in [5, 5.41) is 17.4. The van der Waals surface area contributed by atoms with Crippen LogP contribution >= 0.6 is 0 Å². The van der Waals surface area contributed by atoms with Crippen LogP contribution in [0.3, 0.4) is 0 Å². The number of nitriles is 1. The van der Waals surface area contributed by atoms with E-state index in [-0.39, 0.29) is 18.0 Å². The van der Waals surface area contributed by atoms with Gasteiger partial charge >= 0.3 is 0 Å². The number of rotatable bonds is 4. The highest BCUT2D eigenvalue weighted by molar-refractivity contribution is 5.94. The van der Waals surface area contributed by atoms with Crippen LogP contribution in [0.25, 0.3) is 11.1 Å². The van der Waals surface area contributed by atoms with Crippen LogP contribution in [0.15, 0.2) is 36.4 Å². The summed E-state index contributed by atoms with van der Waals surface area (Å²) in [6.07, 6.45) is 0.0676. The second-order valence-electron chi connectivity index (χ2n) is 7.16. The number of aromatic nitrogens is 3. The molecule has 0 bridgehead atoms. The van der Waals surface area contributed by atoms with Crippen LogP contribution in [0.5, 0.6) is 11.5 Å². The number of ketones is 1. The molecule has 8 nitrogen and oxygen atoms in total. The van der Waals surface area contributed by atoms with E-state index in [1.807, 2.05) is 30.3 Å². The first-order chi connectivity index (χ1) is 14.7. The molecule has 1 aromatic heterocycles. The molecule has 2 aliphatic rings. The summed E-state index contributed by atoms with van der Waals surface area (Å²) in [6, 6.07) is 13.4. The van der Waals surface area contributed by atoms with Gasteiger partial charge in [-0.1, -0.05) is 24.3 Å². The van der Waals surface area contributed by atoms with Gasteiger partial charge in [0.15, 0.2) is 11.5 Å². The van der Waals surface area contributed by atoms with E-state index in [9.17, 15) is 10.1 Å². The van der Waals surface area contributed by atoms with E-state index in [1.54, 1.807) is 10.7 Å². The summed E-state index contributed by atoms with van der Waals surface area (Å²) >= 11 is 0. The summed E-state index contributed by atoms with van der Waals surface area (Å²) in [6.45, 7) is 3.12. The Balaban J connectivity index is 1.46. The molecule has 3 aromatic rings. The first-order valence-electron chi connectivity index (χ1n) is 9.82. The SMILES string of the molecule is N#Cc1c(CC(=O)c2nc3n(n2)CCNC3)cccc1-c1ccc2c(c1)OCCO2. The molecule has 1 N–H and O–H groups in total. The van der Waals surface area contributed by atoms with Crippen molar-refractivity contribution in [3.05, 3.63) is 59.2 Å². The fraction of sp³-hybridized carbons (Fsp3) is 0.273. The van der Waals surface area contributed by atoms with E-state index in [4.69, 9.17) is 9.47 Å². The van der Waals surface area contributed by atoms with Crippen molar-refractivity contribution in [2.75, 3.05) is 19.8 Å². The van der Waals surface area contributed by atoms with Gasteiger partial charge in [-0.25, -0.2) is 9.67 Å². The average Bonchev–Trinajstić information content (AvgIpc) is 3.23. The van der Waals surface area contributed by atoms with Gasteiger partial charge in [0.25, 0.3) is 0 Å². The lowest BCUT2D eigenvalue weighted by molar-refractivity contribution is 0.0982. The molecule has 0 saturated heterocycles. The molecule has 0 unspecified atom stereocenters. The zero-order valence-corrected chi connectivity index (χ0v) is 16.2. The molecule has 0 spiro atoms. The third-order valence-corrected chi connectivity index (χ3v) is 5.25. The molecule has 0 amide bonds. The lowest BCUT2D eigenvalue weighted by Crippen LogP contribution is -2.28. The molecule has 8 heteroatoms. The minimum Gasteiger partial charge on any atom is -0.486 e. The van der Waals surface area contributed by atoms with Gasteiger partial charge in [0.05, 0.1) is 18.7 Å². The van der Waals surface area contributed by atoms with Gasteiger partial charge in [-0.3, -0.25) is 4.79 Å². The molecular formula is C22H19N5O3. The number of carbonyl (C=O) groups is 1. The lowest BCUT2D eigenvalue weighted by atomic mass is 9.93. The quantitative estimate of drug-likeness (QED) is 0.668. The van der Waals surface area contributed by atoms with Crippen molar-refractivity contribution in [1.82, 2.24) is 20.1 Å². The zero-order chi connectivity index (χ0) is 20.5. The van der Waals surface area contributed by atoms with Crippen LogP contribution in [0, 0.1) is 11.3 Å². The summed E-state index contributed by atoms with van der Waals surface area (Å²) in [4.78, 5) is 17.2. The highest BCUT2D eigenvalue weighted by Crippen LogP contribution is 2.36. The van der Waals surface area contributed by atoms with Crippen molar-refractivity contribution >= 4 is 5.78 Å². The van der Waals surface area contributed by atoms with Gasteiger partial charge in [-0.2, -0.15) is 5.26 Å². The maximum absolute atomic E-state index is 12.8. The number of ether oxygens (including phenoxy) is 2. The van der Waals surface area contributed by atoms with Crippen LogP contribution in [0.2, 0.25) is 0 Å². The highest BCUT2D eigenvalue weighted by Gasteiger charge is 2.21. The highest BCUT2D eigenvalue weighted by atomic mass is 16.6. The third kappa shape index (κ3) is 3.29. The second kappa shape index (κ2) is 7.61. The number of hydrogen-bond acceptors (Lipinski definition) is 7. The fourth-order valence-corrected chi connectivity index (χ4v) is 3.77. The molecule has 150 valence electrons. The Morgan fingerprint density at radius 1 is 1.20 bits per heavy atom. The van der Waals surface area contributed by atoms with E-state index in [0.717, 1.165) is 23.5 Å². The number of nitrogens with one attached hydrogen (secondary N) is 1. The lowest BCUT2D eigenvalue weighted by Gasteiger charge is -2.19. The largest absolute Gasteiger partial charge is 0.486 e. The predicted octanol–water partition coefficient (Wildman–Crippen LogP) is 2.12. The first kappa shape index (κ1) is 18.3. The number of Topliss-reactive ketones (excluding diaryl/α,β-unsaturated/α-hetero) is 1. The van der Waals surface area contributed by atoms with Gasteiger partial charge in [0.1, 0.15) is 25.1 Å². The van der Waals surface area contributed by atoms with Crippen LogP contribution in [-0.2, 0) is 19.5 Å². The van der Waals surface area contributed by atoms with Gasteiger partial charge in [-0.15, -0.1) is 5.10 Å². The fourth-order valence-electron chi connectivity index (χ4n) is 3.77. The van der Waals surface area contributed by atoms with Crippen LogP contribution in [0.4, 0.5) is 0 Å². The minimum absolute atomic E-state index is 0.0676. The molecule has 5 rings (SSSR count). The monoisotopic (exact) mass is 401 g/mol. The normalized spacial score (nSPS) is 14.6. The summed E-state index contributed by atoms with van der Waals surface area (Å²) < 4.78 is 13.0. The molecule has 2 aliphatic heterocycles. The molecule has 2 aromatic carbocycles. The van der Waals surface area contributed by atoms with E-state index < -0.39 is 0 Å². The molecule has 30 heavy (non-hydrogen) atoms. The Morgan fingerprint density at radius 3 is 2.90 bits per heavy atom. The van der Waals surface area contributed by atoms with E-state index in [0.29, 0.717) is 48.9 Å². The molecule has 0 radical (unpaired) electrons. The Morgan fingerprint density at radius 2 is 2.07 bits per heavy atom. The number of nitrogens with zero attached hydrogens (tertiary/aromatic N) is 4. The number of hydrogen-bond donors (Lipinski definition) is 1. The van der Waals surface area contributed by atoms with E-state index in [2.05, 4.69) is 21.5 Å². The average molecular weight is 401 g/mol. The van der Waals surface area contributed by atoms with Gasteiger partial charge in [0.2, 0.25) is 11.6 Å². The summed E-state index contributed by atoms with van der Waals surface area (Å²) in [5.74, 6) is 2.11. The van der Waals surface area contributed by atoms with Crippen molar-refractivity contribution in [1.29, 1.82) is 5.26 Å². The van der Waals surface area contributed by atoms with Crippen molar-refractivity contribution in [3.63, 3.8) is 0 Å². The van der Waals surface area contributed by atoms with Crippen LogP contribution < -0.4 is 14.8 Å². The molecule has 3 heterocycles. The zero-order valence-electron chi connectivity index (χ0n) is 16.2. The van der Waals surface area contributed by atoms with Crippen LogP contribution in [0.1, 0.15) is 27.6 Å². The second-order valence-corrected chi connectivity index (χ2v) is 7.16. The van der Waals surface area contributed by atoms with Crippen molar-refractivity contribution in [2.24, 2.45) is 0 Å². The van der Waals surface area contributed by atoms with Gasteiger partial charge in [0, 0.05) is 13.0 Å². The number of benzene rings is 2. The third-order valence-electron chi connectivity index (χ3n) is 5.25. The van der Waals surface area contributed by atoms with Crippen molar-refractivity contribution < 1.29 is 14.3 Å². The number of fused-ring (bicyclic) bond motifs is 2. The Kier molecular flexibility index (Phi) is 4.65. The maximum Gasteiger partial charge on any atom is 0.217 e. The summed E-state index contributed by atoms with van der Waals surface area (Å²) in [7, 11) is 0. The van der Waals surface area contributed by atoms with Gasteiger partial charge < -0.3 is 14.8 Å². The topological polar surface area (TPSA) is 102 Å². The molecule has 0 fully saturated rings. The van der Waals surface area contributed by atoms with Crippen molar-refractivity contribution in [2.45, 2.75) is 19.5 Å². The van der Waals surface area contributed by atoms with E-state index in [1.165, 1.54) is 0 Å². The van der Waals surface area contributed by atoms with Gasteiger partial charge in [-0.05, 0) is 28.8 Å². The molecule has 0 atom stereocenters. The standard InChI is InChI=1S/C22H19N5O3/c23-12-17-14(10-18(28)22-25-21-13-24-6-7-27(21)26-22)2-1-3-16(17)15-4-5-19-20(11-15)30-9-8-29-19/h1-5,11,24H,6-10,13H2. The smallest absolute Gasteiger partial charge is 0.217 e. The molecular weight excluding hydrogens is 382 g/mol. The predicted molar refractivity (Wildman–Crippen MR) is 107 cm³/mol. The Bertz CT molecular complexity index is 1150. The Labute approximate surface area is 173 Å². The minimum atomic E-state index is -0.201. The first-order valence-corrected chi connectivity index (χ1v) is 9.82. The molecule has 0 aliphatic carbocycles.